The van der Waals surface area contributed by atoms with Crippen molar-refractivity contribution in [3.63, 3.8) is 0 Å². The number of rotatable bonds is 5. The third kappa shape index (κ3) is 3.00. The lowest BCUT2D eigenvalue weighted by molar-refractivity contribution is 0.663. The molecule has 0 bridgehead atoms. The van der Waals surface area contributed by atoms with Gasteiger partial charge in [0.25, 0.3) is 0 Å². The van der Waals surface area contributed by atoms with Crippen LogP contribution in [0.15, 0.2) is 36.7 Å². The average Bonchev–Trinajstić information content (AvgIpc) is 3.14. The molecule has 2 heterocycles. The topological polar surface area (TPSA) is 29.9 Å². The number of hydrogen-bond donors (Lipinski definition) is 1. The van der Waals surface area contributed by atoms with Crippen LogP contribution in [0, 0.1) is 3.57 Å². The molecule has 3 aromatic rings. The molecule has 108 valence electrons. The number of benzene rings is 1. The van der Waals surface area contributed by atoms with Gasteiger partial charge in [0, 0.05) is 28.4 Å². The Bertz CT molecular complexity index is 773. The predicted molar refractivity (Wildman–Crippen MR) is 95.7 cm³/mol. The van der Waals surface area contributed by atoms with Crippen molar-refractivity contribution in [2.75, 3.05) is 0 Å². The highest BCUT2D eigenvalue weighted by molar-refractivity contribution is 14.1. The van der Waals surface area contributed by atoms with Gasteiger partial charge in [-0.1, -0.05) is 18.2 Å². The van der Waals surface area contributed by atoms with Crippen LogP contribution in [0.2, 0.25) is 0 Å². The molecule has 4 rings (SSSR count). The van der Waals surface area contributed by atoms with Crippen molar-refractivity contribution in [3.05, 3.63) is 50.7 Å². The molecule has 0 radical (unpaired) electrons. The summed E-state index contributed by atoms with van der Waals surface area (Å²) in [6.07, 6.45) is 6.68. The second kappa shape index (κ2) is 5.70. The summed E-state index contributed by atoms with van der Waals surface area (Å²) in [5.41, 5.74) is 1.42. The van der Waals surface area contributed by atoms with Crippen LogP contribution in [0.4, 0.5) is 0 Å². The van der Waals surface area contributed by atoms with Crippen molar-refractivity contribution < 1.29 is 0 Å². The largest absolute Gasteiger partial charge is 0.309 e. The van der Waals surface area contributed by atoms with E-state index in [0.717, 1.165) is 19.1 Å². The second-order valence-electron chi connectivity index (χ2n) is 5.51. The second-order valence-corrected chi connectivity index (χ2v) is 7.89. The molecule has 0 spiro atoms. The summed E-state index contributed by atoms with van der Waals surface area (Å²) in [6, 6.07) is 9.45. The van der Waals surface area contributed by atoms with E-state index in [2.05, 4.69) is 63.5 Å². The molecular formula is C16H16IN3S. The van der Waals surface area contributed by atoms with Gasteiger partial charge in [0.1, 0.15) is 0 Å². The molecule has 3 nitrogen and oxygen atoms in total. The van der Waals surface area contributed by atoms with Crippen molar-refractivity contribution in [3.8, 4) is 0 Å². The molecule has 1 saturated carbocycles. The van der Waals surface area contributed by atoms with Crippen LogP contribution in [0.3, 0.4) is 0 Å². The van der Waals surface area contributed by atoms with Gasteiger partial charge in [0.15, 0.2) is 0 Å². The molecule has 5 heteroatoms. The molecule has 2 aromatic heterocycles. The smallest absolute Gasteiger partial charge is 0.0677 e. The van der Waals surface area contributed by atoms with Crippen molar-refractivity contribution in [2.45, 2.75) is 32.0 Å². The van der Waals surface area contributed by atoms with E-state index in [0.29, 0.717) is 0 Å². The van der Waals surface area contributed by atoms with Gasteiger partial charge in [-0.25, -0.2) is 0 Å². The fourth-order valence-corrected chi connectivity index (χ4v) is 4.19. The van der Waals surface area contributed by atoms with E-state index in [9.17, 15) is 0 Å². The van der Waals surface area contributed by atoms with Gasteiger partial charge in [-0.15, -0.1) is 11.3 Å². The molecule has 21 heavy (non-hydrogen) atoms. The number of nitrogens with one attached hydrogen (secondary N) is 1. The Labute approximate surface area is 141 Å². The Hall–Kier alpha value is -0.920. The molecular weight excluding hydrogens is 393 g/mol. The summed E-state index contributed by atoms with van der Waals surface area (Å²) in [6.45, 7) is 1.84. The third-order valence-electron chi connectivity index (χ3n) is 3.83. The Kier molecular flexibility index (Phi) is 3.72. The Morgan fingerprint density at radius 1 is 1.33 bits per heavy atom. The average molecular weight is 409 g/mol. The van der Waals surface area contributed by atoms with Crippen LogP contribution in [0.25, 0.3) is 10.1 Å². The van der Waals surface area contributed by atoms with E-state index in [1.165, 1.54) is 36.9 Å². The van der Waals surface area contributed by atoms with Gasteiger partial charge in [-0.2, -0.15) is 5.10 Å². The summed E-state index contributed by atoms with van der Waals surface area (Å²) in [5.74, 6) is 0. The molecule has 0 aliphatic heterocycles. The lowest BCUT2D eigenvalue weighted by Crippen LogP contribution is -2.16. The molecule has 1 fully saturated rings. The summed E-state index contributed by atoms with van der Waals surface area (Å²) >= 11 is 4.22. The summed E-state index contributed by atoms with van der Waals surface area (Å²) in [7, 11) is 0. The molecule has 0 atom stereocenters. The first-order valence-corrected chi connectivity index (χ1v) is 9.10. The maximum absolute atomic E-state index is 4.44. The number of hydrogen-bond acceptors (Lipinski definition) is 3. The molecule has 1 aromatic carbocycles. The van der Waals surface area contributed by atoms with Crippen molar-refractivity contribution in [2.24, 2.45) is 0 Å². The Balaban J connectivity index is 1.70. The molecule has 0 unspecified atom stereocenters. The van der Waals surface area contributed by atoms with Gasteiger partial charge in [-0.05, 0) is 52.4 Å². The fourth-order valence-electron chi connectivity index (χ4n) is 2.58. The van der Waals surface area contributed by atoms with E-state index in [4.69, 9.17) is 0 Å². The first-order chi connectivity index (χ1) is 10.3. The first-order valence-electron chi connectivity index (χ1n) is 7.20. The maximum atomic E-state index is 4.44. The van der Waals surface area contributed by atoms with Crippen LogP contribution < -0.4 is 5.32 Å². The van der Waals surface area contributed by atoms with E-state index in [1.54, 1.807) is 0 Å². The normalized spacial score (nSPS) is 14.9. The number of nitrogens with zero attached hydrogens (tertiary/aromatic N) is 2. The van der Waals surface area contributed by atoms with Crippen molar-refractivity contribution >= 4 is 44.0 Å². The predicted octanol–water partition coefficient (Wildman–Crippen LogP) is 4.00. The van der Waals surface area contributed by atoms with Crippen molar-refractivity contribution in [1.29, 1.82) is 0 Å². The van der Waals surface area contributed by atoms with Gasteiger partial charge in [0.05, 0.1) is 16.3 Å². The Morgan fingerprint density at radius 2 is 2.19 bits per heavy atom. The van der Waals surface area contributed by atoms with E-state index in [1.807, 2.05) is 22.2 Å². The van der Waals surface area contributed by atoms with Gasteiger partial charge >= 0.3 is 0 Å². The number of halogens is 1. The maximum Gasteiger partial charge on any atom is 0.0677 e. The van der Waals surface area contributed by atoms with Crippen molar-refractivity contribution in [1.82, 2.24) is 15.1 Å². The number of fused-ring (bicyclic) bond motifs is 1. The Morgan fingerprint density at radius 3 is 2.95 bits per heavy atom. The lowest BCUT2D eigenvalue weighted by Gasteiger charge is -2.06. The molecule has 1 aliphatic rings. The highest BCUT2D eigenvalue weighted by atomic mass is 127. The third-order valence-corrected chi connectivity index (χ3v) is 5.60. The van der Waals surface area contributed by atoms with E-state index in [-0.39, 0.29) is 0 Å². The monoisotopic (exact) mass is 409 g/mol. The minimum atomic E-state index is 0.744. The van der Waals surface area contributed by atoms with Crippen LogP contribution in [-0.2, 0) is 13.1 Å². The minimum absolute atomic E-state index is 0.744. The molecule has 1 N–H and O–H groups in total. The highest BCUT2D eigenvalue weighted by Crippen LogP contribution is 2.32. The quantitative estimate of drug-likeness (QED) is 0.646. The van der Waals surface area contributed by atoms with Crippen LogP contribution in [0.5, 0.6) is 0 Å². The molecule has 1 aliphatic carbocycles. The molecule has 0 amide bonds. The zero-order chi connectivity index (χ0) is 14.2. The van der Waals surface area contributed by atoms with Crippen LogP contribution in [-0.4, -0.2) is 15.8 Å². The van der Waals surface area contributed by atoms with E-state index >= 15 is 0 Å². The zero-order valence-electron chi connectivity index (χ0n) is 11.6. The minimum Gasteiger partial charge on any atom is -0.309 e. The van der Waals surface area contributed by atoms with Gasteiger partial charge in [0.2, 0.25) is 0 Å². The standard InChI is InChI=1S/C16H16IN3S/c17-11-7-19-20(9-11)10-14-13-3-1-2-4-15(13)21-16(14)8-18-12-5-6-12/h1-4,7,9,12,18H,5-6,8,10H2. The van der Waals surface area contributed by atoms with Gasteiger partial charge in [-0.3, -0.25) is 4.68 Å². The first kappa shape index (κ1) is 13.7. The fraction of sp³-hybridized carbons (Fsp3) is 0.312. The number of thiophene rings is 1. The van der Waals surface area contributed by atoms with E-state index < -0.39 is 0 Å². The highest BCUT2D eigenvalue weighted by Gasteiger charge is 2.21. The molecule has 0 saturated heterocycles. The van der Waals surface area contributed by atoms with Gasteiger partial charge < -0.3 is 5.32 Å². The summed E-state index contributed by atoms with van der Waals surface area (Å²) in [5, 5.41) is 9.46. The lowest BCUT2D eigenvalue weighted by atomic mass is 10.1. The summed E-state index contributed by atoms with van der Waals surface area (Å²) < 4.78 is 4.60. The van der Waals surface area contributed by atoms with Crippen LogP contribution in [0.1, 0.15) is 23.3 Å². The SMILES string of the molecule is Ic1cnn(Cc2c(CNC3CC3)sc3ccccc23)c1. The zero-order valence-corrected chi connectivity index (χ0v) is 14.5. The number of aromatic nitrogens is 2. The van der Waals surface area contributed by atoms with Crippen LogP contribution >= 0.6 is 33.9 Å². The summed E-state index contributed by atoms with van der Waals surface area (Å²) in [4.78, 5) is 1.45.